The first-order chi connectivity index (χ1) is 9.16. The van der Waals surface area contributed by atoms with E-state index in [0.717, 1.165) is 18.5 Å². The molecule has 0 amide bonds. The Kier molecular flexibility index (Phi) is 5.68. The van der Waals surface area contributed by atoms with Crippen molar-refractivity contribution in [2.75, 3.05) is 13.1 Å². The highest BCUT2D eigenvalue weighted by Gasteiger charge is 2.18. The van der Waals surface area contributed by atoms with E-state index in [1.54, 1.807) is 0 Å². The number of hydrogen-bond donors (Lipinski definition) is 1. The maximum Gasteiger partial charge on any atom is 0.0802 e. The third kappa shape index (κ3) is 4.48. The van der Waals surface area contributed by atoms with Gasteiger partial charge in [-0.25, -0.2) is 0 Å². The predicted octanol–water partition coefficient (Wildman–Crippen LogP) is 4.03. The van der Waals surface area contributed by atoms with E-state index in [9.17, 15) is 5.11 Å². The molecule has 1 aromatic rings. The van der Waals surface area contributed by atoms with Gasteiger partial charge < -0.3 is 10.0 Å². The Morgan fingerprint density at radius 2 is 2.21 bits per heavy atom. The van der Waals surface area contributed by atoms with Gasteiger partial charge in [-0.1, -0.05) is 36.6 Å². The van der Waals surface area contributed by atoms with Crippen molar-refractivity contribution in [1.29, 1.82) is 0 Å². The van der Waals surface area contributed by atoms with Gasteiger partial charge in [0.15, 0.2) is 0 Å². The van der Waals surface area contributed by atoms with Crippen LogP contribution in [-0.2, 0) is 0 Å². The van der Waals surface area contributed by atoms with E-state index in [1.807, 2.05) is 24.3 Å². The second-order valence-electron chi connectivity index (χ2n) is 5.59. The average molecular weight is 282 g/mol. The summed E-state index contributed by atoms with van der Waals surface area (Å²) in [6.45, 7) is 4.44. The third-order valence-electron chi connectivity index (χ3n) is 4.11. The molecule has 2 nitrogen and oxygen atoms in total. The highest BCUT2D eigenvalue weighted by molar-refractivity contribution is 6.30. The van der Waals surface area contributed by atoms with E-state index < -0.39 is 6.10 Å². The van der Waals surface area contributed by atoms with Crippen LogP contribution in [0.15, 0.2) is 24.3 Å². The largest absolute Gasteiger partial charge is 0.388 e. The Bertz CT molecular complexity index is 396. The van der Waals surface area contributed by atoms with E-state index in [2.05, 4.69) is 11.8 Å². The summed E-state index contributed by atoms with van der Waals surface area (Å²) >= 11 is 5.96. The summed E-state index contributed by atoms with van der Waals surface area (Å²) in [5, 5.41) is 10.9. The minimum absolute atomic E-state index is 0.408. The molecule has 0 saturated carbocycles. The molecule has 1 aromatic carbocycles. The van der Waals surface area contributed by atoms with Crippen molar-refractivity contribution in [1.82, 2.24) is 4.90 Å². The van der Waals surface area contributed by atoms with Gasteiger partial charge in [0.05, 0.1) is 6.10 Å². The summed E-state index contributed by atoms with van der Waals surface area (Å²) in [6, 6.07) is 8.19. The lowest BCUT2D eigenvalue weighted by Crippen LogP contribution is -2.34. The Morgan fingerprint density at radius 3 is 3.00 bits per heavy atom. The number of halogens is 1. The van der Waals surface area contributed by atoms with E-state index in [4.69, 9.17) is 11.6 Å². The van der Waals surface area contributed by atoms with Crippen molar-refractivity contribution in [3.63, 3.8) is 0 Å². The van der Waals surface area contributed by atoms with Gasteiger partial charge in [-0.3, -0.25) is 0 Å². The van der Waals surface area contributed by atoms with Crippen LogP contribution in [0.4, 0.5) is 0 Å². The van der Waals surface area contributed by atoms with Gasteiger partial charge in [0, 0.05) is 17.6 Å². The van der Waals surface area contributed by atoms with Crippen molar-refractivity contribution < 1.29 is 5.11 Å². The third-order valence-corrected chi connectivity index (χ3v) is 4.35. The minimum atomic E-state index is -0.408. The molecular weight excluding hydrogens is 258 g/mol. The van der Waals surface area contributed by atoms with Gasteiger partial charge in [-0.05, 0) is 50.4 Å². The lowest BCUT2D eigenvalue weighted by Gasteiger charge is -2.27. The molecule has 1 aliphatic heterocycles. The highest BCUT2D eigenvalue weighted by atomic mass is 35.5. The van der Waals surface area contributed by atoms with Gasteiger partial charge in [-0.15, -0.1) is 0 Å². The van der Waals surface area contributed by atoms with Gasteiger partial charge in [0.1, 0.15) is 0 Å². The topological polar surface area (TPSA) is 23.5 Å². The zero-order valence-corrected chi connectivity index (χ0v) is 12.4. The molecule has 2 unspecified atom stereocenters. The molecule has 1 N–H and O–H groups in total. The predicted molar refractivity (Wildman–Crippen MR) is 80.5 cm³/mol. The van der Waals surface area contributed by atoms with Crippen LogP contribution < -0.4 is 0 Å². The molecule has 1 fully saturated rings. The fraction of sp³-hybridized carbons (Fsp3) is 0.625. The summed E-state index contributed by atoms with van der Waals surface area (Å²) in [4.78, 5) is 2.51. The van der Waals surface area contributed by atoms with Gasteiger partial charge >= 0.3 is 0 Å². The summed E-state index contributed by atoms with van der Waals surface area (Å²) in [7, 11) is 0. The summed E-state index contributed by atoms with van der Waals surface area (Å²) in [6.07, 6.45) is 5.64. The van der Waals surface area contributed by atoms with Crippen LogP contribution in [0.2, 0.25) is 5.02 Å². The van der Waals surface area contributed by atoms with Crippen molar-refractivity contribution in [3.05, 3.63) is 34.9 Å². The van der Waals surface area contributed by atoms with Crippen LogP contribution in [0.5, 0.6) is 0 Å². The van der Waals surface area contributed by atoms with Gasteiger partial charge in [0.25, 0.3) is 0 Å². The normalized spacial score (nSPS) is 23.0. The first kappa shape index (κ1) is 14.8. The molecule has 1 heterocycles. The van der Waals surface area contributed by atoms with E-state index >= 15 is 0 Å². The molecule has 0 aromatic heterocycles. The molecule has 106 valence electrons. The maximum absolute atomic E-state index is 10.2. The van der Waals surface area contributed by atoms with Gasteiger partial charge in [0.2, 0.25) is 0 Å². The number of aliphatic hydroxyl groups excluding tert-OH is 1. The molecule has 1 aliphatic rings. The number of likely N-dealkylation sites (tertiary alicyclic amines) is 1. The molecule has 0 aliphatic carbocycles. The Morgan fingerprint density at radius 1 is 1.37 bits per heavy atom. The van der Waals surface area contributed by atoms with E-state index in [1.165, 1.54) is 32.2 Å². The fourth-order valence-electron chi connectivity index (χ4n) is 2.84. The molecule has 19 heavy (non-hydrogen) atoms. The standard InChI is InChI=1S/C16H24ClNO/c1-13-6-3-2-4-10-18(13)11-9-16(19)14-7-5-8-15(17)12-14/h5,7-8,12-13,16,19H,2-4,6,9-11H2,1H3. The van der Waals surface area contributed by atoms with Gasteiger partial charge in [-0.2, -0.15) is 0 Å². The lowest BCUT2D eigenvalue weighted by molar-refractivity contribution is 0.128. The average Bonchev–Trinajstić information content (AvgIpc) is 2.61. The SMILES string of the molecule is CC1CCCCCN1CCC(O)c1cccc(Cl)c1. The Balaban J connectivity index is 1.87. The second-order valence-corrected chi connectivity index (χ2v) is 6.03. The maximum atomic E-state index is 10.2. The molecular formula is C16H24ClNO. The highest BCUT2D eigenvalue weighted by Crippen LogP contribution is 2.22. The molecule has 2 rings (SSSR count). The molecule has 2 atom stereocenters. The number of benzene rings is 1. The smallest absolute Gasteiger partial charge is 0.0802 e. The number of aliphatic hydroxyl groups is 1. The van der Waals surface area contributed by atoms with Crippen molar-refractivity contribution >= 4 is 11.6 Å². The van der Waals surface area contributed by atoms with Crippen LogP contribution >= 0.6 is 11.6 Å². The first-order valence-corrected chi connectivity index (χ1v) is 7.72. The van der Waals surface area contributed by atoms with E-state index in [-0.39, 0.29) is 0 Å². The van der Waals surface area contributed by atoms with E-state index in [0.29, 0.717) is 11.1 Å². The van der Waals surface area contributed by atoms with Crippen LogP contribution in [0, 0.1) is 0 Å². The summed E-state index contributed by atoms with van der Waals surface area (Å²) < 4.78 is 0. The Hall–Kier alpha value is -0.570. The van der Waals surface area contributed by atoms with Crippen LogP contribution in [-0.4, -0.2) is 29.1 Å². The quantitative estimate of drug-likeness (QED) is 0.901. The first-order valence-electron chi connectivity index (χ1n) is 7.34. The van der Waals surface area contributed by atoms with Crippen LogP contribution in [0.25, 0.3) is 0 Å². The monoisotopic (exact) mass is 281 g/mol. The lowest BCUT2D eigenvalue weighted by atomic mass is 10.1. The molecule has 0 spiro atoms. The summed E-state index contributed by atoms with van der Waals surface area (Å²) in [5.41, 5.74) is 0.926. The van der Waals surface area contributed by atoms with Crippen molar-refractivity contribution in [2.45, 2.75) is 51.2 Å². The summed E-state index contributed by atoms with van der Waals surface area (Å²) in [5.74, 6) is 0. The molecule has 0 radical (unpaired) electrons. The zero-order valence-electron chi connectivity index (χ0n) is 11.7. The number of nitrogens with zero attached hydrogens (tertiary/aromatic N) is 1. The second kappa shape index (κ2) is 7.28. The molecule has 1 saturated heterocycles. The van der Waals surface area contributed by atoms with Crippen LogP contribution in [0.3, 0.4) is 0 Å². The van der Waals surface area contributed by atoms with Crippen LogP contribution in [0.1, 0.15) is 50.7 Å². The number of hydrogen-bond acceptors (Lipinski definition) is 2. The zero-order chi connectivity index (χ0) is 13.7. The molecule has 0 bridgehead atoms. The minimum Gasteiger partial charge on any atom is -0.388 e. The van der Waals surface area contributed by atoms with Crippen molar-refractivity contribution in [3.8, 4) is 0 Å². The fourth-order valence-corrected chi connectivity index (χ4v) is 3.03. The van der Waals surface area contributed by atoms with Crippen molar-refractivity contribution in [2.24, 2.45) is 0 Å². The number of rotatable bonds is 4. The Labute approximate surface area is 121 Å². The molecule has 3 heteroatoms.